The van der Waals surface area contributed by atoms with Crippen molar-refractivity contribution in [3.8, 4) is 0 Å². The average Bonchev–Trinajstić information content (AvgIpc) is 3.09. The van der Waals surface area contributed by atoms with Crippen LogP contribution in [0.3, 0.4) is 0 Å². The molecule has 4 heteroatoms. The van der Waals surface area contributed by atoms with Crippen LogP contribution in [0.5, 0.6) is 0 Å². The van der Waals surface area contributed by atoms with Gasteiger partial charge in [0.15, 0.2) is 9.84 Å². The number of hydrogen-bond donors (Lipinski definition) is 1. The minimum atomic E-state index is -3.07. The minimum absolute atomic E-state index is 0.397. The lowest BCUT2D eigenvalue weighted by molar-refractivity contribution is 0.500. The van der Waals surface area contributed by atoms with Crippen molar-refractivity contribution in [2.45, 2.75) is 30.2 Å². The topological polar surface area (TPSA) is 46.2 Å². The van der Waals surface area contributed by atoms with Crippen molar-refractivity contribution in [1.29, 1.82) is 0 Å². The van der Waals surface area contributed by atoms with Crippen LogP contribution in [-0.4, -0.2) is 27.8 Å². The zero-order valence-corrected chi connectivity index (χ0v) is 11.1. The Labute approximate surface area is 103 Å². The van der Waals surface area contributed by atoms with Gasteiger partial charge in [0.25, 0.3) is 0 Å². The first-order chi connectivity index (χ1) is 8.00. The van der Waals surface area contributed by atoms with Crippen LogP contribution in [0.15, 0.2) is 29.2 Å². The van der Waals surface area contributed by atoms with Crippen molar-refractivity contribution < 1.29 is 8.42 Å². The summed E-state index contributed by atoms with van der Waals surface area (Å²) in [6.07, 6.45) is 4.84. The molecule has 1 saturated carbocycles. The number of hydrogen-bond acceptors (Lipinski definition) is 3. The molecule has 0 aliphatic heterocycles. The maximum Gasteiger partial charge on any atom is 0.175 e. The molecule has 3 nitrogen and oxygen atoms in total. The highest BCUT2D eigenvalue weighted by Gasteiger charge is 2.29. The molecule has 2 rings (SSSR count). The lowest BCUT2D eigenvalue weighted by Gasteiger charge is -2.15. The summed E-state index contributed by atoms with van der Waals surface area (Å²) in [6, 6.07) is 7.76. The fourth-order valence-electron chi connectivity index (χ4n) is 2.13. The van der Waals surface area contributed by atoms with Gasteiger partial charge in [-0.1, -0.05) is 12.1 Å². The van der Waals surface area contributed by atoms with E-state index in [2.05, 4.69) is 5.32 Å². The third-order valence-electron chi connectivity index (χ3n) is 3.37. The van der Waals surface area contributed by atoms with Crippen LogP contribution >= 0.6 is 0 Å². The number of sulfone groups is 1. The average molecular weight is 253 g/mol. The van der Waals surface area contributed by atoms with Gasteiger partial charge in [0.2, 0.25) is 0 Å². The van der Waals surface area contributed by atoms with Gasteiger partial charge in [0.05, 0.1) is 4.90 Å². The normalized spacial score (nSPS) is 18.0. The van der Waals surface area contributed by atoms with E-state index in [0.717, 1.165) is 12.3 Å². The number of benzene rings is 1. The summed E-state index contributed by atoms with van der Waals surface area (Å²) in [5.74, 6) is 0.801. The standard InChI is InChI=1S/C13H19NO2S/c1-14-13(11-5-6-11)9-10-3-7-12(8-4-10)17(2,15)16/h3-4,7-8,11,13-14H,5-6,9H2,1-2H3. The molecule has 1 aliphatic rings. The molecule has 1 unspecified atom stereocenters. The molecule has 0 heterocycles. The summed E-state index contributed by atoms with van der Waals surface area (Å²) in [5.41, 5.74) is 1.20. The molecule has 0 saturated heterocycles. The Morgan fingerprint density at radius 3 is 2.29 bits per heavy atom. The van der Waals surface area contributed by atoms with Crippen LogP contribution < -0.4 is 5.32 Å². The van der Waals surface area contributed by atoms with E-state index in [1.54, 1.807) is 12.1 Å². The van der Waals surface area contributed by atoms with Crippen molar-refractivity contribution in [3.63, 3.8) is 0 Å². The third kappa shape index (κ3) is 3.30. The van der Waals surface area contributed by atoms with Crippen LogP contribution in [-0.2, 0) is 16.3 Å². The molecule has 94 valence electrons. The molecule has 0 spiro atoms. The van der Waals surface area contributed by atoms with Gasteiger partial charge in [-0.3, -0.25) is 0 Å². The van der Waals surface area contributed by atoms with Crippen LogP contribution in [0.4, 0.5) is 0 Å². The second-order valence-electron chi connectivity index (χ2n) is 4.85. The predicted octanol–water partition coefficient (Wildman–Crippen LogP) is 1.63. The zero-order valence-electron chi connectivity index (χ0n) is 10.3. The van der Waals surface area contributed by atoms with Crippen molar-refractivity contribution in [1.82, 2.24) is 5.32 Å². The third-order valence-corrected chi connectivity index (χ3v) is 4.50. The molecular weight excluding hydrogens is 234 g/mol. The molecule has 17 heavy (non-hydrogen) atoms. The first-order valence-electron chi connectivity index (χ1n) is 5.97. The van der Waals surface area contributed by atoms with E-state index in [-0.39, 0.29) is 0 Å². The van der Waals surface area contributed by atoms with Crippen molar-refractivity contribution in [3.05, 3.63) is 29.8 Å². The lowest BCUT2D eigenvalue weighted by atomic mass is 10.0. The molecule has 1 aromatic carbocycles. The minimum Gasteiger partial charge on any atom is -0.316 e. The van der Waals surface area contributed by atoms with E-state index in [9.17, 15) is 8.42 Å². The summed E-state index contributed by atoms with van der Waals surface area (Å²) in [4.78, 5) is 0.397. The van der Waals surface area contributed by atoms with Gasteiger partial charge in [-0.2, -0.15) is 0 Å². The van der Waals surface area contributed by atoms with Gasteiger partial charge in [-0.05, 0) is 49.9 Å². The molecule has 0 aromatic heterocycles. The lowest BCUT2D eigenvalue weighted by Crippen LogP contribution is -2.29. The van der Waals surface area contributed by atoms with E-state index >= 15 is 0 Å². The Morgan fingerprint density at radius 1 is 1.29 bits per heavy atom. The molecule has 1 N–H and O–H groups in total. The Bertz CT molecular complexity index is 475. The molecule has 1 fully saturated rings. The van der Waals surface area contributed by atoms with Gasteiger partial charge in [0.1, 0.15) is 0 Å². The SMILES string of the molecule is CNC(Cc1ccc(S(C)(=O)=O)cc1)C1CC1. The molecular formula is C13H19NO2S. The first kappa shape index (κ1) is 12.6. The molecule has 1 atom stereocenters. The van der Waals surface area contributed by atoms with E-state index in [0.29, 0.717) is 10.9 Å². The van der Waals surface area contributed by atoms with Crippen LogP contribution in [0.1, 0.15) is 18.4 Å². The van der Waals surface area contributed by atoms with Gasteiger partial charge in [-0.15, -0.1) is 0 Å². The van der Waals surface area contributed by atoms with Gasteiger partial charge < -0.3 is 5.32 Å². The summed E-state index contributed by atoms with van der Waals surface area (Å²) in [5, 5.41) is 3.34. The van der Waals surface area contributed by atoms with E-state index < -0.39 is 9.84 Å². The fraction of sp³-hybridized carbons (Fsp3) is 0.538. The quantitative estimate of drug-likeness (QED) is 0.867. The second-order valence-corrected chi connectivity index (χ2v) is 6.87. The van der Waals surface area contributed by atoms with E-state index in [4.69, 9.17) is 0 Å². The maximum absolute atomic E-state index is 11.3. The Kier molecular flexibility index (Phi) is 3.54. The van der Waals surface area contributed by atoms with Gasteiger partial charge in [0, 0.05) is 12.3 Å². The Morgan fingerprint density at radius 2 is 1.88 bits per heavy atom. The van der Waals surface area contributed by atoms with Crippen LogP contribution in [0.25, 0.3) is 0 Å². The summed E-state index contributed by atoms with van der Waals surface area (Å²) >= 11 is 0. The largest absolute Gasteiger partial charge is 0.316 e. The Balaban J connectivity index is 2.07. The van der Waals surface area contributed by atoms with Gasteiger partial charge >= 0.3 is 0 Å². The molecule has 1 aliphatic carbocycles. The fourth-order valence-corrected chi connectivity index (χ4v) is 2.76. The first-order valence-corrected chi connectivity index (χ1v) is 7.86. The smallest absolute Gasteiger partial charge is 0.175 e. The van der Waals surface area contributed by atoms with Crippen molar-refractivity contribution in [2.75, 3.05) is 13.3 Å². The molecule has 1 aromatic rings. The Hall–Kier alpha value is -0.870. The van der Waals surface area contributed by atoms with Crippen molar-refractivity contribution in [2.24, 2.45) is 5.92 Å². The zero-order chi connectivity index (χ0) is 12.5. The number of rotatable bonds is 5. The number of nitrogens with one attached hydrogen (secondary N) is 1. The number of likely N-dealkylation sites (N-methyl/N-ethyl adjacent to an activating group) is 1. The highest BCUT2D eigenvalue weighted by atomic mass is 32.2. The predicted molar refractivity (Wildman–Crippen MR) is 68.8 cm³/mol. The molecule has 0 radical (unpaired) electrons. The van der Waals surface area contributed by atoms with Crippen LogP contribution in [0.2, 0.25) is 0 Å². The highest BCUT2D eigenvalue weighted by Crippen LogP contribution is 2.33. The molecule has 0 bridgehead atoms. The summed E-state index contributed by atoms with van der Waals surface area (Å²) in [6.45, 7) is 0. The van der Waals surface area contributed by atoms with Gasteiger partial charge in [-0.25, -0.2) is 8.42 Å². The van der Waals surface area contributed by atoms with E-state index in [1.807, 2.05) is 19.2 Å². The highest BCUT2D eigenvalue weighted by molar-refractivity contribution is 7.90. The van der Waals surface area contributed by atoms with Crippen molar-refractivity contribution >= 4 is 9.84 Å². The monoisotopic (exact) mass is 253 g/mol. The summed E-state index contributed by atoms with van der Waals surface area (Å²) < 4.78 is 22.7. The summed E-state index contributed by atoms with van der Waals surface area (Å²) in [7, 11) is -1.08. The maximum atomic E-state index is 11.3. The van der Waals surface area contributed by atoms with E-state index in [1.165, 1.54) is 24.7 Å². The second kappa shape index (κ2) is 4.78. The van der Waals surface area contributed by atoms with Crippen LogP contribution in [0, 0.1) is 5.92 Å². The molecule has 0 amide bonds.